The number of fused-ring (bicyclic) bond motifs is 1. The van der Waals surface area contributed by atoms with Crippen molar-refractivity contribution >= 4 is 5.95 Å². The van der Waals surface area contributed by atoms with Crippen LogP contribution in [0.3, 0.4) is 0 Å². The van der Waals surface area contributed by atoms with Crippen LogP contribution in [0.4, 0.5) is 5.95 Å². The molecule has 3 nitrogen and oxygen atoms in total. The molecule has 0 fully saturated rings. The molecule has 0 bridgehead atoms. The van der Waals surface area contributed by atoms with E-state index < -0.39 is 0 Å². The van der Waals surface area contributed by atoms with E-state index in [4.69, 9.17) is 5.73 Å². The third-order valence-corrected chi connectivity index (χ3v) is 4.00. The molecule has 1 heterocycles. The summed E-state index contributed by atoms with van der Waals surface area (Å²) < 4.78 is 0. The lowest BCUT2D eigenvalue weighted by atomic mass is 9.90. The maximum atomic E-state index is 5.85. The number of nitrogen functional groups attached to an aromatic ring is 1. The van der Waals surface area contributed by atoms with Crippen LogP contribution in [0.5, 0.6) is 0 Å². The first-order chi connectivity index (χ1) is 9.63. The van der Waals surface area contributed by atoms with Gasteiger partial charge in [0.2, 0.25) is 5.95 Å². The maximum Gasteiger partial charge on any atom is 0.220 e. The van der Waals surface area contributed by atoms with Crippen molar-refractivity contribution in [2.45, 2.75) is 45.4 Å². The Morgan fingerprint density at radius 1 is 1.00 bits per heavy atom. The van der Waals surface area contributed by atoms with Crippen LogP contribution < -0.4 is 5.73 Å². The smallest absolute Gasteiger partial charge is 0.220 e. The number of nitrogens with two attached hydrogens (primary N) is 1. The predicted molar refractivity (Wildman–Crippen MR) is 82.6 cm³/mol. The zero-order valence-electron chi connectivity index (χ0n) is 12.2. The maximum absolute atomic E-state index is 5.85. The van der Waals surface area contributed by atoms with Gasteiger partial charge in [0.15, 0.2) is 0 Å². The first-order valence-corrected chi connectivity index (χ1v) is 7.40. The van der Waals surface area contributed by atoms with Gasteiger partial charge in [-0.3, -0.25) is 0 Å². The summed E-state index contributed by atoms with van der Waals surface area (Å²) >= 11 is 0. The quantitative estimate of drug-likeness (QED) is 0.902. The Bertz CT molecular complexity index is 632. The van der Waals surface area contributed by atoms with E-state index in [1.807, 2.05) is 0 Å². The molecular weight excluding hydrogens is 246 g/mol. The number of nitrogens with zero attached hydrogens (tertiary/aromatic N) is 2. The molecule has 20 heavy (non-hydrogen) atoms. The highest BCUT2D eigenvalue weighted by molar-refractivity contribution is 5.62. The molecule has 0 saturated heterocycles. The van der Waals surface area contributed by atoms with Gasteiger partial charge < -0.3 is 5.73 Å². The summed E-state index contributed by atoms with van der Waals surface area (Å²) in [4.78, 5) is 8.72. The molecule has 2 aromatic rings. The number of rotatable bonds is 2. The molecule has 1 aromatic heterocycles. The summed E-state index contributed by atoms with van der Waals surface area (Å²) in [6.45, 7) is 4.25. The largest absolute Gasteiger partial charge is 0.368 e. The van der Waals surface area contributed by atoms with Gasteiger partial charge in [-0.25, -0.2) is 9.97 Å². The molecule has 0 atom stereocenters. The number of aryl methyl sites for hydroxylation is 2. The molecule has 0 amide bonds. The average Bonchev–Trinajstić information content (AvgIpc) is 2.46. The van der Waals surface area contributed by atoms with E-state index in [2.05, 4.69) is 48.1 Å². The fourth-order valence-electron chi connectivity index (χ4n) is 2.82. The minimum Gasteiger partial charge on any atom is -0.368 e. The molecule has 0 saturated carbocycles. The van der Waals surface area contributed by atoms with Crippen LogP contribution in [0.25, 0.3) is 11.3 Å². The molecular formula is C17H21N3. The summed E-state index contributed by atoms with van der Waals surface area (Å²) in [5, 5.41) is 0. The Morgan fingerprint density at radius 3 is 2.50 bits per heavy atom. The molecule has 1 aliphatic carbocycles. The van der Waals surface area contributed by atoms with Crippen molar-refractivity contribution in [1.29, 1.82) is 0 Å². The number of hydrogen-bond donors (Lipinski definition) is 1. The van der Waals surface area contributed by atoms with Crippen LogP contribution in [0.2, 0.25) is 0 Å². The Morgan fingerprint density at radius 2 is 1.75 bits per heavy atom. The second kappa shape index (κ2) is 5.23. The van der Waals surface area contributed by atoms with Crippen molar-refractivity contribution in [1.82, 2.24) is 9.97 Å². The van der Waals surface area contributed by atoms with Crippen LogP contribution in [0.1, 0.15) is 49.4 Å². The second-order valence-electron chi connectivity index (χ2n) is 5.88. The third kappa shape index (κ3) is 2.53. The van der Waals surface area contributed by atoms with Crippen LogP contribution >= 0.6 is 0 Å². The molecule has 0 aliphatic heterocycles. The highest BCUT2D eigenvalue weighted by atomic mass is 15.0. The van der Waals surface area contributed by atoms with Gasteiger partial charge >= 0.3 is 0 Å². The number of hydrogen-bond acceptors (Lipinski definition) is 3. The Balaban J connectivity index is 2.04. The lowest BCUT2D eigenvalue weighted by molar-refractivity contribution is 0.686. The summed E-state index contributed by atoms with van der Waals surface area (Å²) in [5.41, 5.74) is 11.9. The molecule has 1 aromatic carbocycles. The topological polar surface area (TPSA) is 51.8 Å². The second-order valence-corrected chi connectivity index (χ2v) is 5.88. The van der Waals surface area contributed by atoms with Gasteiger partial charge in [-0.2, -0.15) is 0 Å². The lowest BCUT2D eigenvalue weighted by Gasteiger charge is -2.17. The predicted octanol–water partition coefficient (Wildman–Crippen LogP) is 3.73. The Labute approximate surface area is 120 Å². The summed E-state index contributed by atoms with van der Waals surface area (Å²) in [5.74, 6) is 0.723. The van der Waals surface area contributed by atoms with Gasteiger partial charge in [-0.05, 0) is 54.9 Å². The van der Waals surface area contributed by atoms with E-state index in [9.17, 15) is 0 Å². The fraction of sp³-hybridized carbons (Fsp3) is 0.412. The number of benzene rings is 1. The first kappa shape index (κ1) is 13.1. The van der Waals surface area contributed by atoms with Crippen LogP contribution in [0.15, 0.2) is 24.3 Å². The number of anilines is 1. The van der Waals surface area contributed by atoms with Crippen molar-refractivity contribution in [2.24, 2.45) is 0 Å². The van der Waals surface area contributed by atoms with Gasteiger partial charge in [0.25, 0.3) is 0 Å². The van der Waals surface area contributed by atoms with Crippen LogP contribution in [0, 0.1) is 0 Å². The van der Waals surface area contributed by atoms with Crippen molar-refractivity contribution in [3.63, 3.8) is 0 Å². The van der Waals surface area contributed by atoms with E-state index in [1.165, 1.54) is 36.8 Å². The molecule has 3 rings (SSSR count). The Kier molecular flexibility index (Phi) is 3.43. The van der Waals surface area contributed by atoms with Gasteiger partial charge in [0.05, 0.1) is 5.69 Å². The molecule has 0 unspecified atom stereocenters. The molecule has 2 N–H and O–H groups in total. The van der Waals surface area contributed by atoms with Gasteiger partial charge in [-0.1, -0.05) is 26.0 Å². The molecule has 1 aliphatic rings. The van der Waals surface area contributed by atoms with Crippen molar-refractivity contribution in [3.8, 4) is 11.3 Å². The minimum atomic E-state index is 0.358. The molecule has 0 spiro atoms. The zero-order valence-corrected chi connectivity index (χ0v) is 12.2. The third-order valence-electron chi connectivity index (χ3n) is 4.00. The molecule has 104 valence electrons. The summed E-state index contributed by atoms with van der Waals surface area (Å²) in [7, 11) is 0. The average molecular weight is 267 g/mol. The summed E-state index contributed by atoms with van der Waals surface area (Å²) in [6, 6.07) is 8.75. The first-order valence-electron chi connectivity index (χ1n) is 7.40. The minimum absolute atomic E-state index is 0.358. The van der Waals surface area contributed by atoms with Crippen molar-refractivity contribution < 1.29 is 0 Å². The zero-order chi connectivity index (χ0) is 14.1. The van der Waals surface area contributed by atoms with E-state index in [-0.39, 0.29) is 0 Å². The van der Waals surface area contributed by atoms with E-state index >= 15 is 0 Å². The molecule has 3 heteroatoms. The number of aromatic nitrogens is 2. The van der Waals surface area contributed by atoms with Crippen LogP contribution in [-0.2, 0) is 12.8 Å². The standard InChI is InChI=1S/C17H21N3/c1-11(2)15-10-16(20-17(18)19-15)14-8-7-12-5-3-4-6-13(12)9-14/h7-11H,3-6H2,1-2H3,(H2,18,19,20). The highest BCUT2D eigenvalue weighted by Gasteiger charge is 2.12. The lowest BCUT2D eigenvalue weighted by Crippen LogP contribution is -2.04. The van der Waals surface area contributed by atoms with E-state index in [0.29, 0.717) is 11.9 Å². The van der Waals surface area contributed by atoms with Gasteiger partial charge in [0.1, 0.15) is 0 Å². The Hall–Kier alpha value is -1.90. The van der Waals surface area contributed by atoms with Crippen molar-refractivity contribution in [3.05, 3.63) is 41.1 Å². The van der Waals surface area contributed by atoms with Crippen LogP contribution in [-0.4, -0.2) is 9.97 Å². The van der Waals surface area contributed by atoms with Crippen molar-refractivity contribution in [2.75, 3.05) is 5.73 Å². The normalized spacial score (nSPS) is 14.3. The monoisotopic (exact) mass is 267 g/mol. The summed E-state index contributed by atoms with van der Waals surface area (Å²) in [6.07, 6.45) is 4.99. The SMILES string of the molecule is CC(C)c1cc(-c2ccc3c(c2)CCCC3)nc(N)n1. The van der Waals surface area contributed by atoms with Gasteiger partial charge in [0, 0.05) is 11.3 Å². The van der Waals surface area contributed by atoms with E-state index in [1.54, 1.807) is 0 Å². The van der Waals surface area contributed by atoms with E-state index in [0.717, 1.165) is 17.0 Å². The van der Waals surface area contributed by atoms with Gasteiger partial charge in [-0.15, -0.1) is 0 Å². The highest BCUT2D eigenvalue weighted by Crippen LogP contribution is 2.28. The fourth-order valence-corrected chi connectivity index (χ4v) is 2.82. The molecule has 0 radical (unpaired) electrons.